The zero-order valence-corrected chi connectivity index (χ0v) is 34.3. The SMILES string of the molecule is [Pt+2].[c-]1c(Oc2[c-]c3c(cc2)c2ccc(-c4ccccc4)cc2n2c(-c4ccccc4)cnc32)ccc2c1c1ncc(-c3ccccc3)n1c1cc(-c3ccccc3)ccc21. The Morgan fingerprint density at radius 2 is 0.733 bits per heavy atom. The molecule has 0 N–H and O–H groups in total. The number of fused-ring (bicyclic) bond motifs is 12. The minimum atomic E-state index is 0. The number of pyridine rings is 2. The predicted octanol–water partition coefficient (Wildman–Crippen LogP) is 13.7. The normalized spacial score (nSPS) is 11.5. The second kappa shape index (κ2) is 14.5. The Balaban J connectivity index is 0.00000408. The van der Waals surface area contributed by atoms with Crippen molar-refractivity contribution in [3.63, 3.8) is 0 Å². The van der Waals surface area contributed by atoms with E-state index in [9.17, 15) is 0 Å². The van der Waals surface area contributed by atoms with Crippen molar-refractivity contribution in [1.82, 2.24) is 18.8 Å². The summed E-state index contributed by atoms with van der Waals surface area (Å²) in [5.41, 5.74) is 12.6. The first-order valence-corrected chi connectivity index (χ1v) is 19.7. The largest absolute Gasteiger partial charge is 2.00 e. The van der Waals surface area contributed by atoms with Gasteiger partial charge in [0.05, 0.1) is 22.7 Å². The molecule has 0 amide bonds. The Morgan fingerprint density at radius 1 is 0.367 bits per heavy atom. The van der Waals surface area contributed by atoms with E-state index in [1.807, 2.05) is 48.8 Å². The summed E-state index contributed by atoms with van der Waals surface area (Å²) in [4.78, 5) is 10.1. The van der Waals surface area contributed by atoms with Crippen molar-refractivity contribution in [3.05, 3.63) is 207 Å². The molecule has 0 saturated carbocycles. The van der Waals surface area contributed by atoms with Crippen LogP contribution in [0.2, 0.25) is 0 Å². The van der Waals surface area contributed by atoms with E-state index >= 15 is 0 Å². The van der Waals surface area contributed by atoms with Crippen LogP contribution in [0.4, 0.5) is 0 Å². The maximum atomic E-state index is 6.67. The Labute approximate surface area is 360 Å². The van der Waals surface area contributed by atoms with Gasteiger partial charge in [0.25, 0.3) is 0 Å². The molecule has 0 spiro atoms. The van der Waals surface area contributed by atoms with Gasteiger partial charge in [0.1, 0.15) is 0 Å². The quantitative estimate of drug-likeness (QED) is 0.123. The Morgan fingerprint density at radius 3 is 1.13 bits per heavy atom. The van der Waals surface area contributed by atoms with Gasteiger partial charge in [-0.05, 0) is 56.3 Å². The van der Waals surface area contributed by atoms with Crippen LogP contribution in [0.15, 0.2) is 194 Å². The molecule has 5 nitrogen and oxygen atoms in total. The van der Waals surface area contributed by atoms with Crippen molar-refractivity contribution < 1.29 is 25.8 Å². The van der Waals surface area contributed by atoms with E-state index in [0.717, 1.165) is 88.3 Å². The van der Waals surface area contributed by atoms with Crippen molar-refractivity contribution in [2.75, 3.05) is 0 Å². The summed E-state index contributed by atoms with van der Waals surface area (Å²) in [6, 6.07) is 70.7. The smallest absolute Gasteiger partial charge is 0.497 e. The van der Waals surface area contributed by atoms with Gasteiger partial charge in [-0.25, -0.2) is 0 Å². The predicted molar refractivity (Wildman–Crippen MR) is 240 cm³/mol. The summed E-state index contributed by atoms with van der Waals surface area (Å²) in [6.07, 6.45) is 3.92. The molecule has 0 unspecified atom stereocenters. The Kier molecular flexibility index (Phi) is 8.65. The summed E-state index contributed by atoms with van der Waals surface area (Å²) in [5.74, 6) is 1.16. The van der Waals surface area contributed by atoms with E-state index in [1.165, 1.54) is 11.1 Å². The van der Waals surface area contributed by atoms with Gasteiger partial charge in [-0.2, -0.15) is 0 Å². The van der Waals surface area contributed by atoms with Gasteiger partial charge in [-0.1, -0.05) is 191 Å². The average Bonchev–Trinajstić information content (AvgIpc) is 3.97. The van der Waals surface area contributed by atoms with Gasteiger partial charge in [-0.3, -0.25) is 9.97 Å². The second-order valence-corrected chi connectivity index (χ2v) is 14.9. The molecule has 12 rings (SSSR count). The number of ether oxygens (including phenoxy) is 1. The molecule has 60 heavy (non-hydrogen) atoms. The van der Waals surface area contributed by atoms with Crippen LogP contribution in [0.5, 0.6) is 11.5 Å². The van der Waals surface area contributed by atoms with E-state index < -0.39 is 0 Å². The number of benzene rings is 8. The molecule has 0 bridgehead atoms. The van der Waals surface area contributed by atoms with E-state index in [0.29, 0.717) is 11.5 Å². The third-order valence-electron chi connectivity index (χ3n) is 11.4. The molecule has 12 aromatic rings. The third-order valence-corrected chi connectivity index (χ3v) is 11.4. The molecule has 0 radical (unpaired) electrons. The van der Waals surface area contributed by atoms with Gasteiger partial charge in [-0.15, -0.1) is 12.1 Å². The summed E-state index contributed by atoms with van der Waals surface area (Å²) < 4.78 is 11.2. The van der Waals surface area contributed by atoms with Crippen LogP contribution in [0.3, 0.4) is 0 Å². The first-order valence-electron chi connectivity index (χ1n) is 19.7. The Bertz CT molecular complexity index is 3330. The fourth-order valence-corrected chi connectivity index (χ4v) is 8.67. The minimum Gasteiger partial charge on any atom is -0.497 e. The number of hydrogen-bond donors (Lipinski definition) is 0. The second-order valence-electron chi connectivity index (χ2n) is 14.9. The monoisotopic (exact) mass is 947 g/mol. The molecule has 0 aliphatic carbocycles. The number of imidazole rings is 2. The van der Waals surface area contributed by atoms with E-state index in [4.69, 9.17) is 14.7 Å². The van der Waals surface area contributed by atoms with E-state index in [-0.39, 0.29) is 21.1 Å². The van der Waals surface area contributed by atoms with Crippen molar-refractivity contribution >= 4 is 54.6 Å². The van der Waals surface area contributed by atoms with Crippen LogP contribution >= 0.6 is 0 Å². The molecule has 0 atom stereocenters. The molecule has 0 aliphatic heterocycles. The van der Waals surface area contributed by atoms with Gasteiger partial charge in [0, 0.05) is 34.9 Å². The van der Waals surface area contributed by atoms with Crippen molar-refractivity contribution in [2.45, 2.75) is 0 Å². The van der Waals surface area contributed by atoms with Crippen molar-refractivity contribution in [1.29, 1.82) is 0 Å². The molecule has 284 valence electrons. The molecule has 8 aromatic carbocycles. The number of rotatable bonds is 6. The van der Waals surface area contributed by atoms with Crippen molar-refractivity contribution in [3.8, 4) is 56.3 Å². The molecule has 0 aliphatic rings. The molecule has 4 heterocycles. The fourth-order valence-electron chi connectivity index (χ4n) is 8.67. The van der Waals surface area contributed by atoms with Crippen LogP contribution in [0, 0.1) is 12.1 Å². The zero-order valence-electron chi connectivity index (χ0n) is 32.0. The van der Waals surface area contributed by atoms with E-state index in [1.54, 1.807) is 0 Å². The van der Waals surface area contributed by atoms with Crippen LogP contribution in [-0.4, -0.2) is 18.8 Å². The topological polar surface area (TPSA) is 43.8 Å². The summed E-state index contributed by atoms with van der Waals surface area (Å²) in [5, 5.41) is 6.10. The fraction of sp³-hybridized carbons (Fsp3) is 0. The number of nitrogens with zero attached hydrogens (tertiary/aromatic N) is 4. The van der Waals surface area contributed by atoms with Gasteiger partial charge >= 0.3 is 21.1 Å². The van der Waals surface area contributed by atoms with Crippen LogP contribution in [-0.2, 0) is 21.1 Å². The summed E-state index contributed by atoms with van der Waals surface area (Å²) in [7, 11) is 0. The van der Waals surface area contributed by atoms with Crippen LogP contribution < -0.4 is 4.74 Å². The first-order chi connectivity index (χ1) is 29.2. The number of aromatic nitrogens is 4. The van der Waals surface area contributed by atoms with Gasteiger partial charge in [0.15, 0.2) is 0 Å². The van der Waals surface area contributed by atoms with E-state index in [2.05, 4.69) is 167 Å². The molecule has 0 saturated heterocycles. The minimum absolute atomic E-state index is 0. The molecular weight excluding hydrogens is 916 g/mol. The standard InChI is InChI=1S/C54H32N4O.Pt/c1-5-13-35(14-6-1)39-21-25-45-43-27-23-41(31-47(43)53-55-33-51(57(53)49(45)29-39)37-17-9-3-10-18-37)59-42-24-28-44-46-26-22-40(36-15-7-2-8-16-36)30-50(46)58-52(38-19-11-4-12-20-38)34-56-54(58)48(44)32-42;/h1-30,33-34H;/q-2;+2. The number of hydrogen-bond acceptors (Lipinski definition) is 3. The third kappa shape index (κ3) is 5.81. The Hall–Kier alpha value is -7.33. The maximum absolute atomic E-state index is 6.67. The van der Waals surface area contributed by atoms with Crippen LogP contribution in [0.1, 0.15) is 0 Å². The summed E-state index contributed by atoms with van der Waals surface area (Å²) in [6.45, 7) is 0. The van der Waals surface area contributed by atoms with Crippen molar-refractivity contribution in [2.24, 2.45) is 0 Å². The zero-order chi connectivity index (χ0) is 38.9. The first kappa shape index (κ1) is 35.8. The van der Waals surface area contributed by atoms with Crippen LogP contribution in [0.25, 0.3) is 99.4 Å². The molecule has 6 heteroatoms. The average molecular weight is 948 g/mol. The summed E-state index contributed by atoms with van der Waals surface area (Å²) >= 11 is 0. The maximum Gasteiger partial charge on any atom is 2.00 e. The van der Waals surface area contributed by atoms with Gasteiger partial charge in [0.2, 0.25) is 0 Å². The molecule has 4 aromatic heterocycles. The molecular formula is C54H32N4OPt. The molecule has 0 fully saturated rings. The van der Waals surface area contributed by atoms with Gasteiger partial charge < -0.3 is 13.5 Å².